The Kier molecular flexibility index (Phi) is 6.56. The van der Waals surface area contributed by atoms with Crippen molar-refractivity contribution < 1.29 is 9.59 Å². The molecule has 4 nitrogen and oxygen atoms in total. The van der Waals surface area contributed by atoms with Gasteiger partial charge in [-0.2, -0.15) is 0 Å². The van der Waals surface area contributed by atoms with E-state index in [9.17, 15) is 9.59 Å². The summed E-state index contributed by atoms with van der Waals surface area (Å²) in [5.41, 5.74) is 2.69. The Labute approximate surface area is 165 Å². The van der Waals surface area contributed by atoms with Gasteiger partial charge in [-0.05, 0) is 48.2 Å². The maximum absolute atomic E-state index is 12.3. The van der Waals surface area contributed by atoms with E-state index in [1.807, 2.05) is 48.2 Å². The van der Waals surface area contributed by atoms with Gasteiger partial charge >= 0.3 is 0 Å². The predicted octanol–water partition coefficient (Wildman–Crippen LogP) is 4.19. The standard InChI is InChI=1S/C22H26N2O2S/c1-15(2)27-20-11-5-17(6-12-20)14-22(26)23-18-7-3-16(4-8-18)13-21(25)24-19-9-10-19/h3-8,11-12,15,19H,9-10,13-14H2,1-2H3,(H,23,26)(H,24,25). The number of thioether (sulfide) groups is 1. The monoisotopic (exact) mass is 382 g/mol. The van der Waals surface area contributed by atoms with Gasteiger partial charge in [0.2, 0.25) is 11.8 Å². The number of hydrogen-bond acceptors (Lipinski definition) is 3. The fourth-order valence-corrected chi connectivity index (χ4v) is 3.58. The van der Waals surface area contributed by atoms with E-state index in [0.717, 1.165) is 29.7 Å². The van der Waals surface area contributed by atoms with Gasteiger partial charge in [0.1, 0.15) is 0 Å². The lowest BCUT2D eigenvalue weighted by Crippen LogP contribution is -2.26. The lowest BCUT2D eigenvalue weighted by Gasteiger charge is -2.08. The van der Waals surface area contributed by atoms with Gasteiger partial charge in [0.15, 0.2) is 0 Å². The summed E-state index contributed by atoms with van der Waals surface area (Å²) in [6.07, 6.45) is 2.91. The summed E-state index contributed by atoms with van der Waals surface area (Å²) in [6, 6.07) is 16.0. The molecule has 0 unspecified atom stereocenters. The van der Waals surface area contributed by atoms with Crippen molar-refractivity contribution in [3.63, 3.8) is 0 Å². The molecule has 1 fully saturated rings. The third-order valence-corrected chi connectivity index (χ3v) is 5.22. The first-order valence-electron chi connectivity index (χ1n) is 9.41. The molecule has 5 heteroatoms. The van der Waals surface area contributed by atoms with E-state index in [0.29, 0.717) is 24.1 Å². The van der Waals surface area contributed by atoms with Crippen molar-refractivity contribution in [1.82, 2.24) is 5.32 Å². The SMILES string of the molecule is CC(C)Sc1ccc(CC(=O)Nc2ccc(CC(=O)NC3CC3)cc2)cc1. The second-order valence-corrected chi connectivity index (χ2v) is 8.90. The average molecular weight is 383 g/mol. The molecule has 0 bridgehead atoms. The van der Waals surface area contributed by atoms with Crippen LogP contribution in [0, 0.1) is 0 Å². The highest BCUT2D eigenvalue weighted by atomic mass is 32.2. The molecule has 2 amide bonds. The zero-order valence-electron chi connectivity index (χ0n) is 15.8. The molecular weight excluding hydrogens is 356 g/mol. The third kappa shape index (κ3) is 6.75. The van der Waals surface area contributed by atoms with Gasteiger partial charge in [-0.25, -0.2) is 0 Å². The minimum Gasteiger partial charge on any atom is -0.353 e. The van der Waals surface area contributed by atoms with E-state index in [2.05, 4.69) is 36.6 Å². The van der Waals surface area contributed by atoms with Crippen molar-refractivity contribution >= 4 is 29.3 Å². The van der Waals surface area contributed by atoms with Crippen LogP contribution in [0.5, 0.6) is 0 Å². The second kappa shape index (κ2) is 9.09. The number of hydrogen-bond donors (Lipinski definition) is 2. The highest BCUT2D eigenvalue weighted by molar-refractivity contribution is 7.99. The molecule has 2 aromatic carbocycles. The van der Waals surface area contributed by atoms with Gasteiger partial charge in [0.05, 0.1) is 12.8 Å². The molecule has 0 aromatic heterocycles. The molecule has 0 atom stereocenters. The number of benzene rings is 2. The zero-order valence-corrected chi connectivity index (χ0v) is 16.6. The maximum Gasteiger partial charge on any atom is 0.228 e. The Hall–Kier alpha value is -2.27. The smallest absolute Gasteiger partial charge is 0.228 e. The molecule has 0 heterocycles. The van der Waals surface area contributed by atoms with Gasteiger partial charge < -0.3 is 10.6 Å². The molecule has 1 aliphatic carbocycles. The van der Waals surface area contributed by atoms with E-state index >= 15 is 0 Å². The third-order valence-electron chi connectivity index (χ3n) is 4.20. The number of rotatable bonds is 8. The van der Waals surface area contributed by atoms with E-state index in [4.69, 9.17) is 0 Å². The van der Waals surface area contributed by atoms with E-state index in [1.165, 1.54) is 4.90 Å². The minimum absolute atomic E-state index is 0.0431. The summed E-state index contributed by atoms with van der Waals surface area (Å²) >= 11 is 1.81. The van der Waals surface area contributed by atoms with Crippen molar-refractivity contribution in [1.29, 1.82) is 0 Å². The van der Waals surface area contributed by atoms with E-state index < -0.39 is 0 Å². The summed E-state index contributed by atoms with van der Waals surface area (Å²) in [6.45, 7) is 4.33. The van der Waals surface area contributed by atoms with Gasteiger partial charge in [-0.15, -0.1) is 11.8 Å². The van der Waals surface area contributed by atoms with Crippen LogP contribution in [0.4, 0.5) is 5.69 Å². The van der Waals surface area contributed by atoms with Crippen LogP contribution >= 0.6 is 11.8 Å². The first kappa shape index (κ1) is 19.5. The van der Waals surface area contributed by atoms with Crippen molar-refractivity contribution in [2.45, 2.75) is 55.7 Å². The molecule has 0 spiro atoms. The van der Waals surface area contributed by atoms with Crippen molar-refractivity contribution in [3.05, 3.63) is 59.7 Å². The maximum atomic E-state index is 12.3. The minimum atomic E-state index is -0.0431. The Morgan fingerprint density at radius 3 is 2.04 bits per heavy atom. The van der Waals surface area contributed by atoms with Gasteiger partial charge in [-0.3, -0.25) is 9.59 Å². The Balaban J connectivity index is 1.47. The number of carbonyl (C=O) groups excluding carboxylic acids is 2. The predicted molar refractivity (Wildman–Crippen MR) is 111 cm³/mol. The largest absolute Gasteiger partial charge is 0.353 e. The topological polar surface area (TPSA) is 58.2 Å². The zero-order chi connectivity index (χ0) is 19.2. The van der Waals surface area contributed by atoms with Gasteiger partial charge in [-0.1, -0.05) is 38.1 Å². The fourth-order valence-electron chi connectivity index (χ4n) is 2.75. The van der Waals surface area contributed by atoms with Crippen LogP contribution in [0.25, 0.3) is 0 Å². The van der Waals surface area contributed by atoms with Crippen molar-refractivity contribution in [2.75, 3.05) is 5.32 Å². The molecule has 0 aliphatic heterocycles. The average Bonchev–Trinajstić information content (AvgIpc) is 3.42. The molecule has 1 aliphatic rings. The number of carbonyl (C=O) groups is 2. The van der Waals surface area contributed by atoms with Crippen LogP contribution in [0.3, 0.4) is 0 Å². The van der Waals surface area contributed by atoms with Crippen LogP contribution in [-0.4, -0.2) is 23.1 Å². The molecule has 1 saturated carbocycles. The molecule has 142 valence electrons. The Morgan fingerprint density at radius 2 is 1.48 bits per heavy atom. The van der Waals surface area contributed by atoms with Crippen LogP contribution in [0.2, 0.25) is 0 Å². The summed E-state index contributed by atoms with van der Waals surface area (Å²) in [5.74, 6) is 0.0202. The Bertz CT molecular complexity index is 781. The summed E-state index contributed by atoms with van der Waals surface area (Å²) in [5, 5.41) is 6.44. The van der Waals surface area contributed by atoms with E-state index in [-0.39, 0.29) is 11.8 Å². The lowest BCUT2D eigenvalue weighted by atomic mass is 10.1. The molecular formula is C22H26N2O2S. The first-order valence-corrected chi connectivity index (χ1v) is 10.3. The van der Waals surface area contributed by atoms with Crippen LogP contribution in [0.1, 0.15) is 37.8 Å². The summed E-state index contributed by atoms with van der Waals surface area (Å²) in [7, 11) is 0. The molecule has 3 rings (SSSR count). The highest BCUT2D eigenvalue weighted by Crippen LogP contribution is 2.23. The quantitative estimate of drug-likeness (QED) is 0.673. The van der Waals surface area contributed by atoms with Crippen LogP contribution < -0.4 is 10.6 Å². The first-order chi connectivity index (χ1) is 13.0. The number of nitrogens with one attached hydrogen (secondary N) is 2. The Morgan fingerprint density at radius 1 is 0.926 bits per heavy atom. The molecule has 27 heavy (non-hydrogen) atoms. The van der Waals surface area contributed by atoms with Crippen LogP contribution in [0.15, 0.2) is 53.4 Å². The number of amides is 2. The van der Waals surface area contributed by atoms with Crippen molar-refractivity contribution in [3.8, 4) is 0 Å². The van der Waals surface area contributed by atoms with Crippen LogP contribution in [-0.2, 0) is 22.4 Å². The summed E-state index contributed by atoms with van der Waals surface area (Å²) in [4.78, 5) is 25.3. The lowest BCUT2D eigenvalue weighted by molar-refractivity contribution is -0.120. The molecule has 2 N–H and O–H groups in total. The molecule has 0 saturated heterocycles. The molecule has 0 radical (unpaired) electrons. The van der Waals surface area contributed by atoms with Crippen molar-refractivity contribution in [2.24, 2.45) is 0 Å². The normalized spacial score (nSPS) is 13.4. The van der Waals surface area contributed by atoms with Gasteiger partial charge in [0.25, 0.3) is 0 Å². The second-order valence-electron chi connectivity index (χ2n) is 7.25. The summed E-state index contributed by atoms with van der Waals surface area (Å²) < 4.78 is 0. The highest BCUT2D eigenvalue weighted by Gasteiger charge is 2.23. The fraction of sp³-hybridized carbons (Fsp3) is 0.364. The van der Waals surface area contributed by atoms with Gasteiger partial charge in [0, 0.05) is 21.9 Å². The molecule has 2 aromatic rings. The number of anilines is 1. The van der Waals surface area contributed by atoms with E-state index in [1.54, 1.807) is 0 Å².